The average Bonchev–Trinajstić information content (AvgIpc) is 3.22. The highest BCUT2D eigenvalue weighted by Gasteiger charge is 2.56. The molecule has 3 heterocycles. The number of benzene rings is 3. The van der Waals surface area contributed by atoms with Crippen LogP contribution in [0.25, 0.3) is 0 Å². The lowest BCUT2D eigenvalue weighted by atomic mass is 9.93. The van der Waals surface area contributed by atoms with Crippen molar-refractivity contribution < 1.29 is 62.1 Å². The van der Waals surface area contributed by atoms with Gasteiger partial charge in [-0.2, -0.15) is 0 Å². The van der Waals surface area contributed by atoms with Crippen LogP contribution in [-0.4, -0.2) is 110 Å². The molecule has 0 saturated carbocycles. The second-order valence-corrected chi connectivity index (χ2v) is 14.3. The molecule has 2 unspecified atom stereocenters. The molecule has 0 radical (unpaired) electrons. The van der Waals surface area contributed by atoms with E-state index in [9.17, 15) is 19.5 Å². The Morgan fingerprint density at radius 3 is 2.00 bits per heavy atom. The van der Waals surface area contributed by atoms with E-state index in [0.29, 0.717) is 0 Å². The molecule has 0 spiro atoms. The molecule has 0 aliphatic carbocycles. The van der Waals surface area contributed by atoms with Crippen LogP contribution in [0.2, 0.25) is 0 Å². The predicted molar refractivity (Wildman–Crippen MR) is 207 cm³/mol. The van der Waals surface area contributed by atoms with Gasteiger partial charge in [-0.05, 0) is 18.1 Å². The van der Waals surface area contributed by atoms with Crippen molar-refractivity contribution in [1.29, 1.82) is 0 Å². The molecular formula is C43H52N2O13. The molecule has 12 atom stereocenters. The summed E-state index contributed by atoms with van der Waals surface area (Å²) in [6.07, 6.45) is -8.74. The lowest BCUT2D eigenvalue weighted by Crippen LogP contribution is -2.71. The number of amides is 2. The number of rotatable bonds is 18. The molecule has 0 bridgehead atoms. The Morgan fingerprint density at radius 1 is 0.793 bits per heavy atom. The molecule has 3 N–H and O–H groups in total. The van der Waals surface area contributed by atoms with Gasteiger partial charge in [-0.1, -0.05) is 97.1 Å². The summed E-state index contributed by atoms with van der Waals surface area (Å²) in [4.78, 5) is 38.0. The Hall–Kier alpha value is -4.55. The summed E-state index contributed by atoms with van der Waals surface area (Å²) < 4.78 is 57.8. The third kappa shape index (κ3) is 11.3. The van der Waals surface area contributed by atoms with Gasteiger partial charge in [0.2, 0.25) is 11.8 Å². The molecule has 3 fully saturated rings. The SMILES string of the molecule is C=CCO[C@H]1O[C@H](COCc2ccccc2)[C@@H](O[C@@H]2O[C@@H]3COC(c4ccccc4)O[C@H]3[C@H](OCc3ccccc3)[C@H]2NC(C)=O)[C@H](OC(C)C(=O)O)[C@H]1NC(C)=O. The van der Waals surface area contributed by atoms with Gasteiger partial charge in [0.15, 0.2) is 25.0 Å². The number of hydrogen-bond donors (Lipinski definition) is 3. The zero-order valence-electron chi connectivity index (χ0n) is 32.8. The first kappa shape index (κ1) is 43.0. The summed E-state index contributed by atoms with van der Waals surface area (Å²) in [5.41, 5.74) is 2.57. The van der Waals surface area contributed by atoms with Crippen molar-refractivity contribution in [2.75, 3.05) is 19.8 Å². The lowest BCUT2D eigenvalue weighted by Gasteiger charge is -2.52. The normalized spacial score (nSPS) is 30.0. The summed E-state index contributed by atoms with van der Waals surface area (Å²) in [6, 6.07) is 26.4. The van der Waals surface area contributed by atoms with Crippen LogP contribution in [0.4, 0.5) is 0 Å². The van der Waals surface area contributed by atoms with Crippen molar-refractivity contribution >= 4 is 17.8 Å². The van der Waals surface area contributed by atoms with Gasteiger partial charge in [-0.25, -0.2) is 4.79 Å². The smallest absolute Gasteiger partial charge is 0.332 e. The first-order chi connectivity index (χ1) is 28.1. The Bertz CT molecular complexity index is 1770. The van der Waals surface area contributed by atoms with Crippen LogP contribution >= 0.6 is 0 Å². The number of carbonyl (C=O) groups excluding carboxylic acids is 2. The molecule has 3 aromatic carbocycles. The van der Waals surface area contributed by atoms with Gasteiger partial charge >= 0.3 is 5.97 Å². The van der Waals surface area contributed by atoms with Crippen molar-refractivity contribution in [1.82, 2.24) is 10.6 Å². The maximum absolute atomic E-state index is 13.0. The van der Waals surface area contributed by atoms with Gasteiger partial charge in [0.25, 0.3) is 0 Å². The first-order valence-corrected chi connectivity index (χ1v) is 19.3. The Balaban J connectivity index is 1.37. The van der Waals surface area contributed by atoms with Crippen molar-refractivity contribution in [3.63, 3.8) is 0 Å². The highest BCUT2D eigenvalue weighted by Crippen LogP contribution is 2.38. The molecule has 0 aromatic heterocycles. The van der Waals surface area contributed by atoms with E-state index < -0.39 is 91.5 Å². The third-order valence-electron chi connectivity index (χ3n) is 9.85. The standard InChI is InChI=1S/C43H52N2O13/c1-5-21-51-42-35(45-28(4)47)39(54-26(2)40(48)49)37(32(55-42)24-50-22-29-15-9-6-10-16-29)58-43-34(44-27(3)46)38(52-23-30-17-11-7-12-18-30)36-33(56-43)25-53-41(57-36)31-19-13-8-14-20-31/h5-20,26,32-39,41-43H,1,21-25H2,2-4H3,(H,44,46)(H,45,47)(H,48,49)/t26?,32-,33-,34-,35-,36-,37-,38-,39-,41?,42+,43+/m1/s1. The molecule has 15 nitrogen and oxygen atoms in total. The fraction of sp³-hybridized carbons (Fsp3) is 0.465. The summed E-state index contributed by atoms with van der Waals surface area (Å²) in [6.45, 7) is 8.19. The van der Waals surface area contributed by atoms with Gasteiger partial charge in [-0.3, -0.25) is 9.59 Å². The minimum absolute atomic E-state index is 0.0366. The zero-order chi connectivity index (χ0) is 41.0. The number of aliphatic carboxylic acids is 1. The highest BCUT2D eigenvalue weighted by atomic mass is 16.8. The zero-order valence-corrected chi connectivity index (χ0v) is 32.8. The molecule has 3 saturated heterocycles. The van der Waals surface area contributed by atoms with E-state index in [-0.39, 0.29) is 33.0 Å². The van der Waals surface area contributed by atoms with E-state index in [1.165, 1.54) is 26.8 Å². The second kappa shape index (κ2) is 20.9. The van der Waals surface area contributed by atoms with Crippen LogP contribution < -0.4 is 10.6 Å². The second-order valence-electron chi connectivity index (χ2n) is 14.3. The molecule has 2 amide bonds. The maximum atomic E-state index is 13.0. The summed E-state index contributed by atoms with van der Waals surface area (Å²) >= 11 is 0. The first-order valence-electron chi connectivity index (χ1n) is 19.3. The summed E-state index contributed by atoms with van der Waals surface area (Å²) in [5.74, 6) is -2.11. The van der Waals surface area contributed by atoms with Gasteiger partial charge < -0.3 is 58.4 Å². The van der Waals surface area contributed by atoms with Gasteiger partial charge in [0, 0.05) is 19.4 Å². The fourth-order valence-electron chi connectivity index (χ4n) is 7.19. The van der Waals surface area contributed by atoms with Crippen LogP contribution in [0.5, 0.6) is 0 Å². The Morgan fingerprint density at radius 2 is 1.40 bits per heavy atom. The number of carbonyl (C=O) groups is 3. The van der Waals surface area contributed by atoms with E-state index >= 15 is 0 Å². The van der Waals surface area contributed by atoms with E-state index in [2.05, 4.69) is 17.2 Å². The number of nitrogens with one attached hydrogen (secondary N) is 2. The monoisotopic (exact) mass is 804 g/mol. The number of carboxylic acid groups (broad SMARTS) is 1. The van der Waals surface area contributed by atoms with Gasteiger partial charge in [0.05, 0.1) is 33.0 Å². The fourth-order valence-corrected chi connectivity index (χ4v) is 7.19. The third-order valence-corrected chi connectivity index (χ3v) is 9.85. The minimum atomic E-state index is -1.36. The Kier molecular flexibility index (Phi) is 15.5. The van der Waals surface area contributed by atoms with Crippen molar-refractivity contribution in [2.45, 2.75) is 108 Å². The molecule has 3 aliphatic heterocycles. The molecular weight excluding hydrogens is 752 g/mol. The maximum Gasteiger partial charge on any atom is 0.332 e. The molecule has 312 valence electrons. The number of carboxylic acids is 1. The van der Waals surface area contributed by atoms with E-state index in [4.69, 9.17) is 42.6 Å². The van der Waals surface area contributed by atoms with E-state index in [1.54, 1.807) is 0 Å². The van der Waals surface area contributed by atoms with Crippen LogP contribution in [-0.2, 0) is 70.2 Å². The van der Waals surface area contributed by atoms with Crippen molar-refractivity contribution in [2.24, 2.45) is 0 Å². The lowest BCUT2D eigenvalue weighted by molar-refractivity contribution is -0.371. The van der Waals surface area contributed by atoms with Crippen LogP contribution in [0, 0.1) is 0 Å². The summed E-state index contributed by atoms with van der Waals surface area (Å²) in [5, 5.41) is 15.8. The van der Waals surface area contributed by atoms with Crippen molar-refractivity contribution in [3.05, 3.63) is 120 Å². The number of fused-ring (bicyclic) bond motifs is 1. The predicted octanol–water partition coefficient (Wildman–Crippen LogP) is 3.81. The highest BCUT2D eigenvalue weighted by molar-refractivity contribution is 5.74. The molecule has 3 aromatic rings. The van der Waals surface area contributed by atoms with Crippen LogP contribution in [0.1, 0.15) is 43.8 Å². The Labute approximate surface area is 337 Å². The molecule has 58 heavy (non-hydrogen) atoms. The van der Waals surface area contributed by atoms with E-state index in [0.717, 1.165) is 16.7 Å². The molecule has 3 aliphatic rings. The quantitative estimate of drug-likeness (QED) is 0.158. The number of ether oxygens (including phenoxy) is 9. The summed E-state index contributed by atoms with van der Waals surface area (Å²) in [7, 11) is 0. The average molecular weight is 805 g/mol. The van der Waals surface area contributed by atoms with Gasteiger partial charge in [0.1, 0.15) is 48.7 Å². The topological polar surface area (TPSA) is 179 Å². The van der Waals surface area contributed by atoms with Crippen LogP contribution in [0.3, 0.4) is 0 Å². The largest absolute Gasteiger partial charge is 0.479 e. The van der Waals surface area contributed by atoms with Crippen molar-refractivity contribution in [3.8, 4) is 0 Å². The number of hydrogen-bond acceptors (Lipinski definition) is 12. The van der Waals surface area contributed by atoms with Gasteiger partial charge in [-0.15, -0.1) is 6.58 Å². The van der Waals surface area contributed by atoms with E-state index in [1.807, 2.05) is 91.0 Å². The molecule has 6 rings (SSSR count). The van der Waals surface area contributed by atoms with Crippen LogP contribution in [0.15, 0.2) is 104 Å². The molecule has 15 heteroatoms. The minimum Gasteiger partial charge on any atom is -0.479 e.